The van der Waals surface area contributed by atoms with Gasteiger partial charge in [-0.2, -0.15) is 23.1 Å². The van der Waals surface area contributed by atoms with Gasteiger partial charge in [-0.15, -0.1) is 0 Å². The van der Waals surface area contributed by atoms with E-state index in [-0.39, 0.29) is 43.4 Å². The molecule has 6 atom stereocenters. The van der Waals surface area contributed by atoms with Gasteiger partial charge in [0.05, 0.1) is 31.1 Å². The molecular formula is C30H41F3N8O5. The number of amides is 1. The number of alkyl halides is 3. The van der Waals surface area contributed by atoms with Crippen LogP contribution in [0.15, 0.2) is 30.6 Å². The number of hydrogen-bond donors (Lipinski definition) is 5. The molecule has 1 aliphatic heterocycles. The van der Waals surface area contributed by atoms with Crippen LogP contribution in [0.1, 0.15) is 37.8 Å². The Morgan fingerprint density at radius 3 is 2.48 bits per heavy atom. The van der Waals surface area contributed by atoms with Gasteiger partial charge in [-0.3, -0.25) is 4.79 Å². The summed E-state index contributed by atoms with van der Waals surface area (Å²) in [4.78, 5) is 31.1. The molecule has 3 heterocycles. The van der Waals surface area contributed by atoms with Crippen LogP contribution in [0.25, 0.3) is 11.2 Å². The average molecular weight is 651 g/mol. The molecule has 2 aliphatic rings. The summed E-state index contributed by atoms with van der Waals surface area (Å²) in [6, 6.07) is 4.12. The monoisotopic (exact) mass is 650 g/mol. The Kier molecular flexibility index (Phi) is 9.91. The second-order valence-electron chi connectivity index (χ2n) is 12.3. The maximum Gasteiger partial charge on any atom is 0.471 e. The zero-order valence-electron chi connectivity index (χ0n) is 26.0. The molecular weight excluding hydrogens is 609 g/mol. The lowest BCUT2D eigenvalue weighted by atomic mass is 10.1. The number of rotatable bonds is 11. The van der Waals surface area contributed by atoms with Crippen molar-refractivity contribution in [3.05, 3.63) is 36.2 Å². The highest BCUT2D eigenvalue weighted by Gasteiger charge is 2.51. The normalized spacial score (nSPS) is 24.2. The Bertz CT molecular complexity index is 1500. The summed E-state index contributed by atoms with van der Waals surface area (Å²) in [5.74, 6) is -1.26. The number of benzene rings is 1. The molecule has 252 valence electrons. The second-order valence-corrected chi connectivity index (χ2v) is 12.3. The van der Waals surface area contributed by atoms with Gasteiger partial charge in [0.25, 0.3) is 0 Å². The molecule has 5 N–H and O–H groups in total. The number of nitrogens with one attached hydrogen (secondary N) is 1. The Morgan fingerprint density at radius 2 is 1.87 bits per heavy atom. The molecule has 13 nitrogen and oxygen atoms in total. The number of aliphatic hydroxyl groups is 3. The summed E-state index contributed by atoms with van der Waals surface area (Å²) in [6.07, 6.45) is -5.56. The predicted molar refractivity (Wildman–Crippen MR) is 163 cm³/mol. The van der Waals surface area contributed by atoms with Crippen molar-refractivity contribution >= 4 is 28.8 Å². The first-order valence-corrected chi connectivity index (χ1v) is 15.4. The average Bonchev–Trinajstić information content (AvgIpc) is 3.74. The second kappa shape index (κ2) is 13.6. The van der Waals surface area contributed by atoms with Crippen LogP contribution in [-0.4, -0.2) is 132 Å². The van der Waals surface area contributed by atoms with Crippen LogP contribution in [-0.2, 0) is 11.2 Å². The van der Waals surface area contributed by atoms with E-state index in [1.165, 1.54) is 10.9 Å². The standard InChI is InChI=1S/C30H41F3N8O5/c1-4-10-40(28(46)30(31,32)33)21-13-22(25(45)24(21)44)41-16-34-23-26(35-18(15-42)12-17-5-7-20(43)8-6-17)36-29(37-27(23)41)39-11-9-19(14-39)38(2)3/h5-8,16,18-19,21-22,24-25,42-45H,4,9-15H2,1-3H3,(H,35,36,37)/t18-,19+,21-,22+,24+,25-/m0/s1. The van der Waals surface area contributed by atoms with E-state index in [1.54, 1.807) is 31.2 Å². The van der Waals surface area contributed by atoms with Crippen LogP contribution < -0.4 is 10.2 Å². The van der Waals surface area contributed by atoms with Gasteiger partial charge in [0.2, 0.25) is 5.95 Å². The Balaban J connectivity index is 1.52. The molecule has 1 amide bonds. The third-order valence-corrected chi connectivity index (χ3v) is 8.91. The summed E-state index contributed by atoms with van der Waals surface area (Å²) in [5, 5.41) is 45.2. The van der Waals surface area contributed by atoms with Gasteiger partial charge in [0, 0.05) is 25.7 Å². The Labute approximate surface area is 264 Å². The SMILES string of the molecule is CCCN(C(=O)C(F)(F)F)[C@H]1C[C@@H](n2cnc3c(N[C@H](CO)Cc4ccc(O)cc4)nc(N4CC[C@@H](N(C)C)C4)nc32)[C@H](O)[C@@H]1O. The first-order chi connectivity index (χ1) is 21.8. The van der Waals surface area contributed by atoms with E-state index < -0.39 is 42.4 Å². The van der Waals surface area contributed by atoms with Crippen LogP contribution in [0.3, 0.4) is 0 Å². The molecule has 0 radical (unpaired) electrons. The van der Waals surface area contributed by atoms with Crippen molar-refractivity contribution in [1.29, 1.82) is 0 Å². The van der Waals surface area contributed by atoms with Crippen molar-refractivity contribution < 1.29 is 38.4 Å². The lowest BCUT2D eigenvalue weighted by Crippen LogP contribution is -2.51. The van der Waals surface area contributed by atoms with E-state index in [9.17, 15) is 38.4 Å². The molecule has 16 heteroatoms. The largest absolute Gasteiger partial charge is 0.508 e. The number of imidazole rings is 1. The van der Waals surface area contributed by atoms with Crippen molar-refractivity contribution in [3.8, 4) is 5.75 Å². The molecule has 1 saturated heterocycles. The minimum atomic E-state index is -5.13. The highest BCUT2D eigenvalue weighted by atomic mass is 19.4. The van der Waals surface area contributed by atoms with Gasteiger partial charge >= 0.3 is 12.1 Å². The molecule has 0 bridgehead atoms. The van der Waals surface area contributed by atoms with Crippen molar-refractivity contribution in [3.63, 3.8) is 0 Å². The van der Waals surface area contributed by atoms with Crippen molar-refractivity contribution in [1.82, 2.24) is 29.3 Å². The van der Waals surface area contributed by atoms with Crippen LogP contribution in [0.5, 0.6) is 5.75 Å². The van der Waals surface area contributed by atoms with Gasteiger partial charge in [0.1, 0.15) is 18.0 Å². The zero-order chi connectivity index (χ0) is 33.3. The minimum Gasteiger partial charge on any atom is -0.508 e. The van der Waals surface area contributed by atoms with E-state index in [0.717, 1.165) is 12.0 Å². The quantitative estimate of drug-likeness (QED) is 0.205. The number of aliphatic hydroxyl groups excluding tert-OH is 3. The van der Waals surface area contributed by atoms with Crippen LogP contribution in [0.2, 0.25) is 0 Å². The number of nitrogens with zero attached hydrogens (tertiary/aromatic N) is 7. The molecule has 1 aliphatic carbocycles. The van der Waals surface area contributed by atoms with Crippen molar-refractivity contribution in [2.75, 3.05) is 50.6 Å². The maximum atomic E-state index is 13.5. The van der Waals surface area contributed by atoms with Gasteiger partial charge in [-0.25, -0.2) is 4.98 Å². The minimum absolute atomic E-state index is 0.119. The topological polar surface area (TPSA) is 163 Å². The van der Waals surface area contributed by atoms with Crippen LogP contribution in [0.4, 0.5) is 24.9 Å². The lowest BCUT2D eigenvalue weighted by molar-refractivity contribution is -0.190. The number of phenols is 1. The number of carbonyl (C=O) groups excluding carboxylic acids is 1. The molecule has 2 fully saturated rings. The summed E-state index contributed by atoms with van der Waals surface area (Å²) in [6.45, 7) is 2.43. The number of anilines is 2. The smallest absolute Gasteiger partial charge is 0.471 e. The number of phenolic OH excluding ortho intramolecular Hbond substituents is 1. The van der Waals surface area contributed by atoms with E-state index in [2.05, 4.69) is 15.2 Å². The number of halogens is 3. The third kappa shape index (κ3) is 6.84. The van der Waals surface area contributed by atoms with Crippen LogP contribution in [0, 0.1) is 0 Å². The lowest BCUT2D eigenvalue weighted by Gasteiger charge is -2.31. The number of aromatic hydroxyl groups is 1. The first kappa shape index (κ1) is 33.6. The molecule has 46 heavy (non-hydrogen) atoms. The van der Waals surface area contributed by atoms with E-state index in [1.807, 2.05) is 19.0 Å². The predicted octanol–water partition coefficient (Wildman–Crippen LogP) is 1.52. The highest BCUT2D eigenvalue weighted by molar-refractivity contribution is 5.85. The van der Waals surface area contributed by atoms with E-state index >= 15 is 0 Å². The van der Waals surface area contributed by atoms with Gasteiger partial charge in [0.15, 0.2) is 17.0 Å². The Morgan fingerprint density at radius 1 is 1.15 bits per heavy atom. The fourth-order valence-corrected chi connectivity index (χ4v) is 6.40. The fraction of sp³-hybridized carbons (Fsp3) is 0.600. The maximum absolute atomic E-state index is 13.5. The zero-order valence-corrected chi connectivity index (χ0v) is 26.0. The van der Waals surface area contributed by atoms with E-state index in [0.29, 0.717) is 41.7 Å². The molecule has 0 unspecified atom stereocenters. The number of carbonyl (C=O) groups is 1. The summed E-state index contributed by atoms with van der Waals surface area (Å²) < 4.78 is 41.9. The number of fused-ring (bicyclic) bond motifs is 1. The van der Waals surface area contributed by atoms with Gasteiger partial charge in [-0.1, -0.05) is 19.1 Å². The molecule has 2 aromatic heterocycles. The summed E-state index contributed by atoms with van der Waals surface area (Å²) >= 11 is 0. The fourth-order valence-electron chi connectivity index (χ4n) is 6.40. The van der Waals surface area contributed by atoms with Gasteiger partial charge in [-0.05, 0) is 57.5 Å². The number of aromatic nitrogens is 4. The molecule has 5 rings (SSSR count). The van der Waals surface area contributed by atoms with Crippen LogP contribution >= 0.6 is 0 Å². The van der Waals surface area contributed by atoms with Crippen molar-refractivity contribution in [2.45, 2.75) is 75.2 Å². The molecule has 0 spiro atoms. The number of likely N-dealkylation sites (N-methyl/N-ethyl adjacent to an activating group) is 1. The Hall–Kier alpha value is -3.73. The molecule has 1 aromatic carbocycles. The van der Waals surface area contributed by atoms with Crippen molar-refractivity contribution in [2.24, 2.45) is 0 Å². The van der Waals surface area contributed by atoms with Gasteiger partial charge < -0.3 is 45.0 Å². The molecule has 3 aromatic rings. The summed E-state index contributed by atoms with van der Waals surface area (Å²) in [7, 11) is 3.98. The number of hydrogen-bond acceptors (Lipinski definition) is 11. The first-order valence-electron chi connectivity index (χ1n) is 15.4. The summed E-state index contributed by atoms with van der Waals surface area (Å²) in [5.41, 5.74) is 1.44. The highest BCUT2D eigenvalue weighted by Crippen LogP contribution is 2.38. The molecule has 1 saturated carbocycles. The third-order valence-electron chi connectivity index (χ3n) is 8.91. The van der Waals surface area contributed by atoms with E-state index in [4.69, 9.17) is 9.97 Å².